The molecule has 6 nitrogen and oxygen atoms in total. The van der Waals surface area contributed by atoms with Crippen LogP contribution in [-0.2, 0) is 0 Å². The number of phenols is 1. The van der Waals surface area contributed by atoms with E-state index in [2.05, 4.69) is 20.5 Å². The van der Waals surface area contributed by atoms with Crippen LogP contribution in [0, 0.1) is 6.92 Å². The maximum absolute atomic E-state index is 10.2. The van der Waals surface area contributed by atoms with Crippen molar-refractivity contribution in [2.45, 2.75) is 6.92 Å². The number of anilines is 1. The van der Waals surface area contributed by atoms with Gasteiger partial charge in [0.05, 0.1) is 11.4 Å². The number of phenolic OH excluding ortho intramolecular Hbond substituents is 1. The Bertz CT molecular complexity index is 955. The van der Waals surface area contributed by atoms with Gasteiger partial charge in [-0.25, -0.2) is 4.98 Å². The highest BCUT2D eigenvalue weighted by atomic mass is 32.1. The Hall–Kier alpha value is -3.06. The van der Waals surface area contributed by atoms with Gasteiger partial charge in [-0.2, -0.15) is 0 Å². The van der Waals surface area contributed by atoms with Crippen LogP contribution in [0.5, 0.6) is 5.75 Å². The molecular formula is C17H15N5OS. The molecule has 0 atom stereocenters. The highest BCUT2D eigenvalue weighted by Crippen LogP contribution is 2.28. The zero-order valence-corrected chi connectivity index (χ0v) is 13.7. The van der Waals surface area contributed by atoms with Crippen molar-refractivity contribution in [3.8, 4) is 5.75 Å². The Balaban J connectivity index is 2.03. The molecule has 0 saturated heterocycles. The summed E-state index contributed by atoms with van der Waals surface area (Å²) in [6.45, 7) is 1.80. The van der Waals surface area contributed by atoms with Crippen molar-refractivity contribution in [2.24, 2.45) is 5.73 Å². The van der Waals surface area contributed by atoms with Crippen LogP contribution in [0.25, 0.3) is 22.9 Å². The van der Waals surface area contributed by atoms with Gasteiger partial charge in [0.15, 0.2) is 5.11 Å². The fourth-order valence-corrected chi connectivity index (χ4v) is 2.42. The lowest BCUT2D eigenvalue weighted by atomic mass is 10.0. The lowest BCUT2D eigenvalue weighted by Gasteiger charge is -2.06. The number of fused-ring (bicyclic) bond motifs is 1. The molecule has 1 aromatic heterocycles. The summed E-state index contributed by atoms with van der Waals surface area (Å²) < 4.78 is 0. The SMILES string of the molecule is Cc1nnc(NC(N)=S)nc1/C=C/c1c(O)ccc2ccccc12. The number of hydrogen-bond acceptors (Lipinski definition) is 5. The van der Waals surface area contributed by atoms with E-state index in [1.54, 1.807) is 25.1 Å². The lowest BCUT2D eigenvalue weighted by molar-refractivity contribution is 0.475. The van der Waals surface area contributed by atoms with Gasteiger partial charge in [-0.05, 0) is 48.1 Å². The standard InChI is InChI=1S/C17H15N5OS/c1-10-14(19-17(22-21-10)20-16(18)24)8-7-13-12-5-3-2-4-11(12)6-9-15(13)23/h2-9,23H,1H3,(H3,18,19,20,22,24)/b8-7+. The summed E-state index contributed by atoms with van der Waals surface area (Å²) in [4.78, 5) is 4.32. The summed E-state index contributed by atoms with van der Waals surface area (Å²) >= 11 is 4.77. The minimum absolute atomic E-state index is 0.0716. The first kappa shape index (κ1) is 15.8. The third-order valence-corrected chi connectivity index (χ3v) is 3.58. The third-order valence-electron chi connectivity index (χ3n) is 3.48. The van der Waals surface area contributed by atoms with Gasteiger partial charge in [0, 0.05) is 5.56 Å². The van der Waals surface area contributed by atoms with Gasteiger partial charge in [0.2, 0.25) is 5.95 Å². The Morgan fingerprint density at radius 1 is 1.17 bits per heavy atom. The number of rotatable bonds is 3. The number of aryl methyl sites for hydroxylation is 1. The van der Waals surface area contributed by atoms with E-state index < -0.39 is 0 Å². The van der Waals surface area contributed by atoms with Crippen molar-refractivity contribution in [3.63, 3.8) is 0 Å². The molecular weight excluding hydrogens is 322 g/mol. The van der Waals surface area contributed by atoms with Gasteiger partial charge < -0.3 is 16.2 Å². The van der Waals surface area contributed by atoms with Crippen LogP contribution in [0.1, 0.15) is 17.0 Å². The average Bonchev–Trinajstić information content (AvgIpc) is 2.56. The summed E-state index contributed by atoms with van der Waals surface area (Å²) in [5.74, 6) is 0.431. The molecule has 0 aliphatic rings. The number of nitrogens with zero attached hydrogens (tertiary/aromatic N) is 3. The number of aromatic hydroxyl groups is 1. The molecule has 0 radical (unpaired) electrons. The van der Waals surface area contributed by atoms with Crippen molar-refractivity contribution < 1.29 is 5.11 Å². The first-order valence-electron chi connectivity index (χ1n) is 7.21. The fourth-order valence-electron chi connectivity index (χ4n) is 2.33. The van der Waals surface area contributed by atoms with Crippen molar-refractivity contribution in [1.82, 2.24) is 15.2 Å². The van der Waals surface area contributed by atoms with E-state index in [-0.39, 0.29) is 16.8 Å². The molecule has 3 aromatic rings. The molecule has 3 rings (SSSR count). The highest BCUT2D eigenvalue weighted by molar-refractivity contribution is 7.80. The highest BCUT2D eigenvalue weighted by Gasteiger charge is 2.06. The monoisotopic (exact) mass is 337 g/mol. The van der Waals surface area contributed by atoms with E-state index in [1.165, 1.54) is 0 Å². The molecule has 0 unspecified atom stereocenters. The van der Waals surface area contributed by atoms with Crippen molar-refractivity contribution in [1.29, 1.82) is 0 Å². The second kappa shape index (κ2) is 6.59. The molecule has 0 amide bonds. The van der Waals surface area contributed by atoms with Crippen LogP contribution in [0.15, 0.2) is 36.4 Å². The number of thiocarbonyl (C=S) groups is 1. The van der Waals surface area contributed by atoms with Crippen LogP contribution in [-0.4, -0.2) is 25.4 Å². The normalized spacial score (nSPS) is 11.0. The maximum atomic E-state index is 10.2. The smallest absolute Gasteiger partial charge is 0.249 e. The molecule has 4 N–H and O–H groups in total. The lowest BCUT2D eigenvalue weighted by Crippen LogP contribution is -2.21. The van der Waals surface area contributed by atoms with Crippen molar-refractivity contribution in [2.75, 3.05) is 5.32 Å². The van der Waals surface area contributed by atoms with E-state index in [0.717, 1.165) is 16.3 Å². The Kier molecular flexibility index (Phi) is 4.35. The largest absolute Gasteiger partial charge is 0.507 e. The first-order valence-corrected chi connectivity index (χ1v) is 7.62. The van der Waals surface area contributed by atoms with Crippen LogP contribution in [0.4, 0.5) is 5.95 Å². The molecule has 0 aliphatic heterocycles. The van der Waals surface area contributed by atoms with Crippen LogP contribution >= 0.6 is 12.2 Å². The second-order valence-electron chi connectivity index (χ2n) is 5.15. The van der Waals surface area contributed by atoms with Gasteiger partial charge in [-0.1, -0.05) is 30.3 Å². The van der Waals surface area contributed by atoms with Crippen LogP contribution < -0.4 is 11.1 Å². The van der Waals surface area contributed by atoms with Crippen molar-refractivity contribution in [3.05, 3.63) is 53.3 Å². The summed E-state index contributed by atoms with van der Waals surface area (Å²) in [5.41, 5.74) is 7.40. The Morgan fingerprint density at radius 2 is 1.96 bits per heavy atom. The molecule has 0 aliphatic carbocycles. The van der Waals surface area contributed by atoms with Crippen LogP contribution in [0.3, 0.4) is 0 Å². The minimum atomic E-state index is 0.0716. The van der Waals surface area contributed by atoms with E-state index in [1.807, 2.05) is 30.3 Å². The predicted octanol–water partition coefficient (Wildman–Crippen LogP) is 2.86. The summed E-state index contributed by atoms with van der Waals surface area (Å²) in [5, 5.41) is 22.8. The quantitative estimate of drug-likeness (QED) is 0.632. The molecule has 0 bridgehead atoms. The molecule has 0 fully saturated rings. The zero-order valence-electron chi connectivity index (χ0n) is 12.9. The molecule has 0 saturated carbocycles. The van der Waals surface area contributed by atoms with Crippen molar-refractivity contribution >= 4 is 46.2 Å². The minimum Gasteiger partial charge on any atom is -0.507 e. The number of aromatic nitrogens is 3. The Labute approximate surface area is 144 Å². The summed E-state index contributed by atoms with van der Waals surface area (Å²) in [7, 11) is 0. The number of hydrogen-bond donors (Lipinski definition) is 3. The first-order chi connectivity index (χ1) is 11.5. The second-order valence-corrected chi connectivity index (χ2v) is 5.59. The van der Waals surface area contributed by atoms with Crippen LogP contribution in [0.2, 0.25) is 0 Å². The molecule has 2 aromatic carbocycles. The summed E-state index contributed by atoms with van der Waals surface area (Å²) in [6, 6.07) is 11.4. The molecule has 1 heterocycles. The van der Waals surface area contributed by atoms with Gasteiger partial charge >= 0.3 is 0 Å². The van der Waals surface area contributed by atoms with E-state index >= 15 is 0 Å². The Morgan fingerprint density at radius 3 is 2.75 bits per heavy atom. The molecule has 7 heteroatoms. The predicted molar refractivity (Wildman–Crippen MR) is 99.5 cm³/mol. The third kappa shape index (κ3) is 3.31. The van der Waals surface area contributed by atoms with Gasteiger partial charge in [-0.3, -0.25) is 0 Å². The molecule has 120 valence electrons. The van der Waals surface area contributed by atoms with E-state index in [0.29, 0.717) is 11.4 Å². The topological polar surface area (TPSA) is 97.0 Å². The number of nitrogens with one attached hydrogen (secondary N) is 1. The molecule has 0 spiro atoms. The fraction of sp³-hybridized carbons (Fsp3) is 0.0588. The maximum Gasteiger partial charge on any atom is 0.249 e. The van der Waals surface area contributed by atoms with Gasteiger partial charge in [0.25, 0.3) is 0 Å². The zero-order chi connectivity index (χ0) is 17.1. The number of nitrogens with two attached hydrogens (primary N) is 1. The van der Waals surface area contributed by atoms with Gasteiger partial charge in [0.1, 0.15) is 5.75 Å². The average molecular weight is 337 g/mol. The van der Waals surface area contributed by atoms with E-state index in [9.17, 15) is 5.11 Å². The van der Waals surface area contributed by atoms with E-state index in [4.69, 9.17) is 18.0 Å². The van der Waals surface area contributed by atoms with Gasteiger partial charge in [-0.15, -0.1) is 10.2 Å². The summed E-state index contributed by atoms with van der Waals surface area (Å²) in [6.07, 6.45) is 3.58. The molecule has 24 heavy (non-hydrogen) atoms. The number of benzene rings is 2.